The summed E-state index contributed by atoms with van der Waals surface area (Å²) in [4.78, 5) is 16.9. The molecule has 6 heteroatoms. The molecule has 0 amide bonds. The Balaban J connectivity index is 1.90. The molecule has 3 rings (SSSR count). The first kappa shape index (κ1) is 17.4. The Hall–Kier alpha value is -2.44. The molecule has 2 atom stereocenters. The van der Waals surface area contributed by atoms with Crippen molar-refractivity contribution >= 4 is 11.5 Å². The smallest absolute Gasteiger partial charge is 0.189 e. The number of carbonyl (C=O) groups is 1. The fourth-order valence-corrected chi connectivity index (χ4v) is 2.72. The number of benzene rings is 1. The lowest BCUT2D eigenvalue weighted by molar-refractivity contribution is -0.260. The topological polar surface area (TPSA) is 69.7 Å². The van der Waals surface area contributed by atoms with Gasteiger partial charge in [0.2, 0.25) is 0 Å². The second-order valence-corrected chi connectivity index (χ2v) is 6.30. The molecular formula is C19H22N2O4. The summed E-state index contributed by atoms with van der Waals surface area (Å²) in [5.41, 5.74) is 1.58. The van der Waals surface area contributed by atoms with E-state index in [0.717, 1.165) is 17.1 Å². The van der Waals surface area contributed by atoms with Crippen molar-refractivity contribution in [1.29, 1.82) is 0 Å². The zero-order chi connectivity index (χ0) is 17.9. The first-order chi connectivity index (χ1) is 12.0. The fraction of sp³-hybridized carbons (Fsp3) is 0.368. The highest BCUT2D eigenvalue weighted by atomic mass is 16.7. The van der Waals surface area contributed by atoms with E-state index in [1.165, 1.54) is 0 Å². The van der Waals surface area contributed by atoms with Gasteiger partial charge in [0.25, 0.3) is 0 Å². The Labute approximate surface area is 147 Å². The second kappa shape index (κ2) is 7.21. The van der Waals surface area contributed by atoms with Crippen LogP contribution in [0.3, 0.4) is 0 Å². The third kappa shape index (κ3) is 4.15. The van der Waals surface area contributed by atoms with E-state index < -0.39 is 17.9 Å². The van der Waals surface area contributed by atoms with E-state index in [2.05, 4.69) is 10.3 Å². The third-order valence-corrected chi connectivity index (χ3v) is 4.01. The molecule has 1 aromatic heterocycles. The average molecular weight is 342 g/mol. The maximum atomic E-state index is 12.4. The second-order valence-electron chi connectivity index (χ2n) is 6.30. The molecular weight excluding hydrogens is 320 g/mol. The van der Waals surface area contributed by atoms with Crippen LogP contribution in [-0.4, -0.2) is 36.4 Å². The van der Waals surface area contributed by atoms with E-state index in [1.807, 2.05) is 42.5 Å². The van der Waals surface area contributed by atoms with E-state index >= 15 is 0 Å². The van der Waals surface area contributed by atoms with Crippen LogP contribution in [0.1, 0.15) is 25.6 Å². The summed E-state index contributed by atoms with van der Waals surface area (Å²) in [7, 11) is 1.62. The van der Waals surface area contributed by atoms with E-state index in [9.17, 15) is 4.79 Å². The average Bonchev–Trinajstić information content (AvgIpc) is 2.63. The van der Waals surface area contributed by atoms with Gasteiger partial charge in [0.1, 0.15) is 24.5 Å². The lowest BCUT2D eigenvalue weighted by Gasteiger charge is -2.38. The van der Waals surface area contributed by atoms with Crippen molar-refractivity contribution in [1.82, 2.24) is 4.98 Å². The first-order valence-corrected chi connectivity index (χ1v) is 8.14. The van der Waals surface area contributed by atoms with Crippen LogP contribution in [0.5, 0.6) is 5.75 Å². The van der Waals surface area contributed by atoms with E-state index in [-0.39, 0.29) is 12.4 Å². The molecule has 0 unspecified atom stereocenters. The Morgan fingerprint density at radius 2 is 2.00 bits per heavy atom. The summed E-state index contributed by atoms with van der Waals surface area (Å²) >= 11 is 0. The molecule has 1 saturated heterocycles. The highest BCUT2D eigenvalue weighted by Crippen LogP contribution is 2.31. The molecule has 1 N–H and O–H groups in total. The van der Waals surface area contributed by atoms with Gasteiger partial charge in [-0.25, -0.2) is 0 Å². The molecule has 0 spiro atoms. The van der Waals surface area contributed by atoms with Gasteiger partial charge >= 0.3 is 0 Å². The molecule has 2 aromatic rings. The number of carbonyl (C=O) groups excluding carboxylic acids is 1. The number of ketones is 1. The number of anilines is 1. The summed E-state index contributed by atoms with van der Waals surface area (Å²) in [6.07, 6.45) is 1.01. The largest absolute Gasteiger partial charge is 0.497 e. The number of Topliss-reactive ketones (excluding diaryl/α,β-unsaturated/α-hetero) is 1. The summed E-state index contributed by atoms with van der Waals surface area (Å²) in [6, 6.07) is 12.7. The molecule has 25 heavy (non-hydrogen) atoms. The number of ether oxygens (including phenoxy) is 3. The quantitative estimate of drug-likeness (QED) is 0.901. The van der Waals surface area contributed by atoms with Gasteiger partial charge in [-0.05, 0) is 50.2 Å². The number of nitrogens with one attached hydrogen (secondary N) is 1. The minimum atomic E-state index is -0.826. The number of methoxy groups -OCH3 is 1. The minimum Gasteiger partial charge on any atom is -0.497 e. The highest BCUT2D eigenvalue weighted by molar-refractivity contribution is 5.86. The molecule has 132 valence electrons. The number of nitrogens with zero attached hydrogens (tertiary/aromatic N) is 1. The van der Waals surface area contributed by atoms with Crippen LogP contribution >= 0.6 is 0 Å². The van der Waals surface area contributed by atoms with Gasteiger partial charge in [0.05, 0.1) is 12.8 Å². The molecule has 6 nitrogen and oxygen atoms in total. The van der Waals surface area contributed by atoms with Gasteiger partial charge in [0, 0.05) is 11.9 Å². The summed E-state index contributed by atoms with van der Waals surface area (Å²) in [5.74, 6) is -0.178. The maximum Gasteiger partial charge on any atom is 0.189 e. The number of aromatic nitrogens is 1. The van der Waals surface area contributed by atoms with Crippen molar-refractivity contribution in [2.24, 2.45) is 0 Å². The summed E-state index contributed by atoms with van der Waals surface area (Å²) in [5, 5.41) is 3.37. The number of rotatable bonds is 5. The lowest BCUT2D eigenvalue weighted by atomic mass is 10.0. The van der Waals surface area contributed by atoms with Crippen molar-refractivity contribution in [2.45, 2.75) is 31.8 Å². The van der Waals surface area contributed by atoms with E-state index in [1.54, 1.807) is 27.2 Å². The molecule has 2 heterocycles. The van der Waals surface area contributed by atoms with Gasteiger partial charge in [-0.3, -0.25) is 9.78 Å². The molecule has 0 radical (unpaired) electrons. The predicted molar refractivity (Wildman–Crippen MR) is 93.5 cm³/mol. The summed E-state index contributed by atoms with van der Waals surface area (Å²) in [6.45, 7) is 3.62. The van der Waals surface area contributed by atoms with Gasteiger partial charge in [0.15, 0.2) is 11.6 Å². The maximum absolute atomic E-state index is 12.4. The van der Waals surface area contributed by atoms with Gasteiger partial charge in [-0.15, -0.1) is 0 Å². The van der Waals surface area contributed by atoms with E-state index in [4.69, 9.17) is 14.2 Å². The standard InChI is InChI=1S/C19H22N2O4/c1-19(2)24-12-16(22)18(25-19)17(15-6-4-5-11-20-15)21-13-7-9-14(23-3)10-8-13/h4-11,17-18,21H,12H2,1-3H3/t17-,18-/m1/s1. The zero-order valence-electron chi connectivity index (χ0n) is 14.6. The van der Waals surface area contributed by atoms with Gasteiger partial charge in [-0.1, -0.05) is 6.07 Å². The number of pyridine rings is 1. The minimum absolute atomic E-state index is 0.0191. The Kier molecular flexibility index (Phi) is 5.01. The van der Waals surface area contributed by atoms with Crippen LogP contribution in [0.25, 0.3) is 0 Å². The Morgan fingerprint density at radius 1 is 1.24 bits per heavy atom. The molecule has 1 aromatic carbocycles. The normalized spacial score (nSPS) is 20.8. The van der Waals surface area contributed by atoms with Crippen molar-refractivity contribution in [2.75, 3.05) is 19.0 Å². The van der Waals surface area contributed by atoms with Crippen LogP contribution in [0, 0.1) is 0 Å². The SMILES string of the molecule is COc1ccc(N[C@H](c2ccccn2)[C@@H]2OC(C)(C)OCC2=O)cc1. The molecule has 0 saturated carbocycles. The van der Waals surface area contributed by atoms with Crippen molar-refractivity contribution < 1.29 is 19.0 Å². The molecule has 0 aliphatic carbocycles. The summed E-state index contributed by atoms with van der Waals surface area (Å²) < 4.78 is 16.5. The number of hydrogen-bond acceptors (Lipinski definition) is 6. The molecule has 1 aliphatic heterocycles. The molecule has 1 aliphatic rings. The van der Waals surface area contributed by atoms with Crippen molar-refractivity contribution in [3.63, 3.8) is 0 Å². The Bertz CT molecular complexity index is 716. The van der Waals surface area contributed by atoms with Crippen LogP contribution < -0.4 is 10.1 Å². The predicted octanol–water partition coefficient (Wildman–Crippen LogP) is 2.96. The zero-order valence-corrected chi connectivity index (χ0v) is 14.6. The van der Waals surface area contributed by atoms with Crippen LogP contribution in [0.4, 0.5) is 5.69 Å². The lowest BCUT2D eigenvalue weighted by Crippen LogP contribution is -2.50. The molecule has 0 bridgehead atoms. The van der Waals surface area contributed by atoms with Crippen molar-refractivity contribution in [3.05, 3.63) is 54.4 Å². The third-order valence-electron chi connectivity index (χ3n) is 4.01. The van der Waals surface area contributed by atoms with Crippen LogP contribution in [0.2, 0.25) is 0 Å². The van der Waals surface area contributed by atoms with Crippen LogP contribution in [0.15, 0.2) is 48.7 Å². The van der Waals surface area contributed by atoms with Gasteiger partial charge < -0.3 is 19.5 Å². The Morgan fingerprint density at radius 3 is 2.64 bits per heavy atom. The first-order valence-electron chi connectivity index (χ1n) is 8.14. The highest BCUT2D eigenvalue weighted by Gasteiger charge is 2.41. The fourth-order valence-electron chi connectivity index (χ4n) is 2.72. The van der Waals surface area contributed by atoms with Gasteiger partial charge in [-0.2, -0.15) is 0 Å². The van der Waals surface area contributed by atoms with E-state index in [0.29, 0.717) is 0 Å². The monoisotopic (exact) mass is 342 g/mol. The molecule has 1 fully saturated rings. The number of hydrogen-bond donors (Lipinski definition) is 1. The van der Waals surface area contributed by atoms with Crippen molar-refractivity contribution in [3.8, 4) is 5.75 Å². The van der Waals surface area contributed by atoms with Crippen LogP contribution in [-0.2, 0) is 14.3 Å².